The SMILES string of the molecule is CSc1nc(-c2ccco2)nc(C)c1C(=O)OCC(=O)N1CCN(C(=O)c2cccs2)CC1. The van der Waals surface area contributed by atoms with Crippen molar-refractivity contribution in [2.75, 3.05) is 39.0 Å². The van der Waals surface area contributed by atoms with E-state index in [0.717, 1.165) is 0 Å². The predicted molar refractivity (Wildman–Crippen MR) is 123 cm³/mol. The summed E-state index contributed by atoms with van der Waals surface area (Å²) in [5, 5.41) is 2.31. The number of aromatic nitrogens is 2. The van der Waals surface area contributed by atoms with Crippen LogP contribution in [0.5, 0.6) is 0 Å². The molecule has 0 saturated carbocycles. The molecule has 1 aliphatic rings. The summed E-state index contributed by atoms with van der Waals surface area (Å²) >= 11 is 2.69. The topological polar surface area (TPSA) is 106 Å². The van der Waals surface area contributed by atoms with Crippen LogP contribution < -0.4 is 0 Å². The number of hydrogen-bond donors (Lipinski definition) is 0. The second-order valence-electron chi connectivity index (χ2n) is 7.22. The summed E-state index contributed by atoms with van der Waals surface area (Å²) < 4.78 is 10.6. The molecule has 0 aliphatic carbocycles. The minimum Gasteiger partial charge on any atom is -0.461 e. The lowest BCUT2D eigenvalue weighted by Gasteiger charge is -2.34. The highest BCUT2D eigenvalue weighted by molar-refractivity contribution is 7.98. The van der Waals surface area contributed by atoms with Crippen molar-refractivity contribution in [2.24, 2.45) is 0 Å². The van der Waals surface area contributed by atoms with Crippen molar-refractivity contribution < 1.29 is 23.5 Å². The van der Waals surface area contributed by atoms with Gasteiger partial charge in [0.15, 0.2) is 18.2 Å². The second-order valence-corrected chi connectivity index (χ2v) is 8.96. The van der Waals surface area contributed by atoms with Gasteiger partial charge in [0.1, 0.15) is 10.6 Å². The second kappa shape index (κ2) is 10.2. The van der Waals surface area contributed by atoms with Crippen LogP contribution in [0, 0.1) is 6.92 Å². The van der Waals surface area contributed by atoms with Crippen LogP contribution in [0.3, 0.4) is 0 Å². The maximum absolute atomic E-state index is 12.7. The summed E-state index contributed by atoms with van der Waals surface area (Å²) in [6.45, 7) is 2.97. The molecule has 1 fully saturated rings. The number of carbonyl (C=O) groups excluding carboxylic acids is 3. The lowest BCUT2D eigenvalue weighted by molar-refractivity contribution is -0.136. The largest absolute Gasteiger partial charge is 0.461 e. The molecule has 0 unspecified atom stereocenters. The van der Waals surface area contributed by atoms with Gasteiger partial charge in [0.25, 0.3) is 11.8 Å². The molecule has 0 bridgehead atoms. The fourth-order valence-corrected chi connectivity index (χ4v) is 4.75. The zero-order valence-corrected chi connectivity index (χ0v) is 19.8. The highest BCUT2D eigenvalue weighted by atomic mass is 32.2. The quantitative estimate of drug-likeness (QED) is 0.297. The summed E-state index contributed by atoms with van der Waals surface area (Å²) in [7, 11) is 0. The average Bonchev–Trinajstić information content (AvgIpc) is 3.56. The molecule has 4 rings (SSSR count). The normalized spacial score (nSPS) is 13.8. The summed E-state index contributed by atoms with van der Waals surface area (Å²) in [6, 6.07) is 7.10. The van der Waals surface area contributed by atoms with Crippen LogP contribution >= 0.6 is 23.1 Å². The number of thioether (sulfide) groups is 1. The lowest BCUT2D eigenvalue weighted by Crippen LogP contribution is -2.51. The van der Waals surface area contributed by atoms with Crippen LogP contribution in [0.4, 0.5) is 0 Å². The van der Waals surface area contributed by atoms with Gasteiger partial charge in [0.2, 0.25) is 0 Å². The number of esters is 1. The third kappa shape index (κ3) is 5.09. The van der Waals surface area contributed by atoms with Gasteiger partial charge in [-0.1, -0.05) is 6.07 Å². The predicted octanol–water partition coefficient (Wildman–Crippen LogP) is 2.97. The molecule has 9 nitrogen and oxygen atoms in total. The van der Waals surface area contributed by atoms with Crippen molar-refractivity contribution in [3.63, 3.8) is 0 Å². The first-order valence-electron chi connectivity index (χ1n) is 10.2. The standard InChI is InChI=1S/C22H22N4O5S2/c1-14-18(20(32-2)24-19(23-14)15-5-3-11-30-15)22(29)31-13-17(27)25-7-9-26(10-8-25)21(28)16-6-4-12-33-16/h3-6,11-12H,7-10,13H2,1-2H3. The van der Waals surface area contributed by atoms with Crippen molar-refractivity contribution in [3.05, 3.63) is 52.0 Å². The maximum Gasteiger partial charge on any atom is 0.343 e. The Morgan fingerprint density at radius 2 is 1.88 bits per heavy atom. The molecule has 33 heavy (non-hydrogen) atoms. The number of aryl methyl sites for hydroxylation is 1. The van der Waals surface area contributed by atoms with Crippen LogP contribution in [-0.4, -0.2) is 76.6 Å². The molecule has 0 radical (unpaired) electrons. The first-order chi connectivity index (χ1) is 16.0. The molecule has 0 N–H and O–H groups in total. The number of ether oxygens (including phenoxy) is 1. The summed E-state index contributed by atoms with van der Waals surface area (Å²) in [6.07, 6.45) is 3.32. The Labute approximate surface area is 198 Å². The van der Waals surface area contributed by atoms with E-state index in [9.17, 15) is 14.4 Å². The van der Waals surface area contributed by atoms with E-state index in [1.54, 1.807) is 41.2 Å². The van der Waals surface area contributed by atoms with Gasteiger partial charge in [-0.15, -0.1) is 23.1 Å². The number of furan rings is 1. The van der Waals surface area contributed by atoms with Gasteiger partial charge in [-0.3, -0.25) is 9.59 Å². The van der Waals surface area contributed by atoms with Crippen LogP contribution in [0.25, 0.3) is 11.6 Å². The Morgan fingerprint density at radius 3 is 2.52 bits per heavy atom. The van der Waals surface area contributed by atoms with E-state index in [4.69, 9.17) is 9.15 Å². The Kier molecular flexibility index (Phi) is 7.09. The van der Waals surface area contributed by atoms with Crippen molar-refractivity contribution in [3.8, 4) is 11.6 Å². The van der Waals surface area contributed by atoms with Gasteiger partial charge >= 0.3 is 5.97 Å². The minimum atomic E-state index is -0.650. The molecule has 3 aromatic rings. The Balaban J connectivity index is 1.34. The molecule has 3 aromatic heterocycles. The van der Waals surface area contributed by atoms with Gasteiger partial charge in [-0.05, 0) is 36.8 Å². The fourth-order valence-electron chi connectivity index (χ4n) is 3.45. The monoisotopic (exact) mass is 486 g/mol. The number of hydrogen-bond acceptors (Lipinski definition) is 9. The van der Waals surface area contributed by atoms with E-state index in [2.05, 4.69) is 9.97 Å². The highest BCUT2D eigenvalue weighted by Gasteiger charge is 2.27. The van der Waals surface area contributed by atoms with E-state index in [-0.39, 0.29) is 24.0 Å². The lowest BCUT2D eigenvalue weighted by atomic mass is 10.2. The zero-order valence-electron chi connectivity index (χ0n) is 18.1. The molecule has 0 aromatic carbocycles. The number of rotatable bonds is 6. The van der Waals surface area contributed by atoms with E-state index in [1.165, 1.54) is 29.4 Å². The highest BCUT2D eigenvalue weighted by Crippen LogP contribution is 2.25. The third-order valence-corrected chi connectivity index (χ3v) is 6.71. The Hall–Kier alpha value is -3.18. The molecule has 1 aliphatic heterocycles. The smallest absolute Gasteiger partial charge is 0.343 e. The first kappa shape index (κ1) is 23.0. The van der Waals surface area contributed by atoms with Crippen molar-refractivity contribution in [1.29, 1.82) is 0 Å². The van der Waals surface area contributed by atoms with Gasteiger partial charge in [-0.25, -0.2) is 14.8 Å². The molecule has 4 heterocycles. The number of thiophene rings is 1. The van der Waals surface area contributed by atoms with E-state index < -0.39 is 5.97 Å². The van der Waals surface area contributed by atoms with Crippen LogP contribution in [0.15, 0.2) is 45.4 Å². The van der Waals surface area contributed by atoms with Crippen molar-refractivity contribution >= 4 is 40.9 Å². The average molecular weight is 487 g/mol. The van der Waals surface area contributed by atoms with Crippen LogP contribution in [0.2, 0.25) is 0 Å². The van der Waals surface area contributed by atoms with Gasteiger partial charge in [-0.2, -0.15) is 0 Å². The third-order valence-electron chi connectivity index (χ3n) is 5.17. The first-order valence-corrected chi connectivity index (χ1v) is 12.3. The van der Waals surface area contributed by atoms with Gasteiger partial charge < -0.3 is 19.0 Å². The van der Waals surface area contributed by atoms with E-state index in [0.29, 0.717) is 53.4 Å². The van der Waals surface area contributed by atoms with Crippen molar-refractivity contribution in [2.45, 2.75) is 11.9 Å². The van der Waals surface area contributed by atoms with Crippen LogP contribution in [0.1, 0.15) is 25.7 Å². The molecular formula is C22H22N4O5S2. The Bertz CT molecular complexity index is 1140. The number of carbonyl (C=O) groups is 3. The summed E-state index contributed by atoms with van der Waals surface area (Å²) in [5.41, 5.74) is 0.677. The molecular weight excluding hydrogens is 464 g/mol. The molecule has 0 spiro atoms. The summed E-state index contributed by atoms with van der Waals surface area (Å²) in [5.74, 6) is -0.100. The fraction of sp³-hybridized carbons (Fsp3) is 0.318. The maximum atomic E-state index is 12.7. The number of nitrogens with zero attached hydrogens (tertiary/aromatic N) is 4. The molecule has 172 valence electrons. The van der Waals surface area contributed by atoms with Gasteiger partial charge in [0.05, 0.1) is 16.8 Å². The van der Waals surface area contributed by atoms with Gasteiger partial charge in [0, 0.05) is 26.2 Å². The number of piperazine rings is 1. The molecule has 11 heteroatoms. The summed E-state index contributed by atoms with van der Waals surface area (Å²) in [4.78, 5) is 50.5. The van der Waals surface area contributed by atoms with E-state index >= 15 is 0 Å². The Morgan fingerprint density at radius 1 is 1.12 bits per heavy atom. The number of amides is 2. The van der Waals surface area contributed by atoms with Crippen LogP contribution in [-0.2, 0) is 9.53 Å². The molecule has 1 saturated heterocycles. The minimum absolute atomic E-state index is 0.0263. The van der Waals surface area contributed by atoms with E-state index in [1.807, 2.05) is 11.4 Å². The molecule has 0 atom stereocenters. The zero-order chi connectivity index (χ0) is 23.4. The molecule has 2 amide bonds. The van der Waals surface area contributed by atoms with Crippen molar-refractivity contribution in [1.82, 2.24) is 19.8 Å².